The quantitative estimate of drug-likeness (QED) is 0.703. The maximum atomic E-state index is 10.1. The van der Waals surface area contributed by atoms with Crippen LogP contribution in [0.4, 0.5) is 0 Å². The second-order valence-corrected chi connectivity index (χ2v) is 5.44. The van der Waals surface area contributed by atoms with E-state index < -0.39 is 0 Å². The fraction of sp³-hybridized carbons (Fsp3) is 1.00. The van der Waals surface area contributed by atoms with E-state index in [1.54, 1.807) is 0 Å². The van der Waals surface area contributed by atoms with Crippen molar-refractivity contribution in [2.45, 2.75) is 82.4 Å². The van der Waals surface area contributed by atoms with Crippen LogP contribution in [-0.4, -0.2) is 22.8 Å². The Morgan fingerprint density at radius 1 is 1.13 bits per heavy atom. The van der Waals surface area contributed by atoms with E-state index in [9.17, 15) is 5.11 Å². The number of hydrogen-bond acceptors (Lipinski definition) is 2. The van der Waals surface area contributed by atoms with Crippen LogP contribution in [0.15, 0.2) is 0 Å². The van der Waals surface area contributed by atoms with Crippen LogP contribution < -0.4 is 5.32 Å². The Kier molecular flexibility index (Phi) is 3.68. The zero-order valence-electron chi connectivity index (χ0n) is 9.97. The van der Waals surface area contributed by atoms with Gasteiger partial charge in [0.15, 0.2) is 0 Å². The minimum Gasteiger partial charge on any atom is -0.392 e. The Bertz CT molecular complexity index is 195. The van der Waals surface area contributed by atoms with Crippen LogP contribution >= 0.6 is 0 Å². The molecule has 2 fully saturated rings. The summed E-state index contributed by atoms with van der Waals surface area (Å²) in [4.78, 5) is 0. The molecule has 15 heavy (non-hydrogen) atoms. The first-order chi connectivity index (χ1) is 7.26. The topological polar surface area (TPSA) is 32.3 Å². The van der Waals surface area contributed by atoms with Gasteiger partial charge in [0.1, 0.15) is 0 Å². The molecule has 2 aliphatic rings. The van der Waals surface area contributed by atoms with Gasteiger partial charge in [0, 0.05) is 11.6 Å². The van der Waals surface area contributed by atoms with Crippen molar-refractivity contribution in [2.75, 3.05) is 0 Å². The van der Waals surface area contributed by atoms with Crippen LogP contribution in [0.5, 0.6) is 0 Å². The molecule has 2 atom stereocenters. The molecule has 2 unspecified atom stereocenters. The summed E-state index contributed by atoms with van der Waals surface area (Å²) in [7, 11) is 0. The predicted octanol–water partition coefficient (Wildman–Crippen LogP) is 2.60. The zero-order chi connectivity index (χ0) is 10.7. The number of rotatable bonds is 3. The van der Waals surface area contributed by atoms with Crippen LogP contribution in [0.1, 0.15) is 64.7 Å². The third kappa shape index (κ3) is 2.54. The molecule has 0 heterocycles. The van der Waals surface area contributed by atoms with Gasteiger partial charge in [-0.05, 0) is 38.5 Å². The smallest absolute Gasteiger partial charge is 0.0693 e. The molecule has 0 amide bonds. The Labute approximate surface area is 93.5 Å². The maximum absolute atomic E-state index is 10.1. The van der Waals surface area contributed by atoms with Gasteiger partial charge in [-0.15, -0.1) is 0 Å². The molecule has 0 bridgehead atoms. The monoisotopic (exact) mass is 211 g/mol. The van der Waals surface area contributed by atoms with Gasteiger partial charge in [-0.25, -0.2) is 0 Å². The summed E-state index contributed by atoms with van der Waals surface area (Å²) < 4.78 is 0. The Morgan fingerprint density at radius 3 is 2.47 bits per heavy atom. The predicted molar refractivity (Wildman–Crippen MR) is 62.9 cm³/mol. The van der Waals surface area contributed by atoms with E-state index in [-0.39, 0.29) is 6.10 Å². The highest BCUT2D eigenvalue weighted by Gasteiger charge is 2.38. The molecule has 0 aromatic rings. The minimum atomic E-state index is -0.100. The minimum absolute atomic E-state index is 0.100. The second-order valence-electron chi connectivity index (χ2n) is 5.44. The summed E-state index contributed by atoms with van der Waals surface area (Å²) in [6, 6.07) is 0.368. The van der Waals surface area contributed by atoms with Crippen molar-refractivity contribution in [3.8, 4) is 0 Å². The molecule has 2 rings (SSSR count). The van der Waals surface area contributed by atoms with Gasteiger partial charge < -0.3 is 10.4 Å². The van der Waals surface area contributed by atoms with Gasteiger partial charge in [0.05, 0.1) is 6.10 Å². The highest BCUT2D eigenvalue weighted by molar-refractivity contribution is 4.98. The summed E-state index contributed by atoms with van der Waals surface area (Å²) in [6.07, 6.45) is 11.1. The van der Waals surface area contributed by atoms with E-state index in [1.807, 2.05) is 0 Å². The van der Waals surface area contributed by atoms with Gasteiger partial charge >= 0.3 is 0 Å². The molecule has 2 N–H and O–H groups in total. The van der Waals surface area contributed by atoms with Crippen molar-refractivity contribution in [1.29, 1.82) is 0 Å². The molecule has 2 aliphatic carbocycles. The number of nitrogens with one attached hydrogen (secondary N) is 1. The third-order valence-corrected chi connectivity index (χ3v) is 4.46. The summed E-state index contributed by atoms with van der Waals surface area (Å²) in [5.41, 5.74) is 0.385. The lowest BCUT2D eigenvalue weighted by Gasteiger charge is -2.45. The molecule has 0 aromatic heterocycles. The number of hydrogen-bond donors (Lipinski definition) is 2. The van der Waals surface area contributed by atoms with Crippen molar-refractivity contribution >= 4 is 0 Å². The van der Waals surface area contributed by atoms with E-state index in [2.05, 4.69) is 12.2 Å². The first-order valence-electron chi connectivity index (χ1n) is 6.71. The van der Waals surface area contributed by atoms with E-state index in [4.69, 9.17) is 0 Å². The lowest BCUT2D eigenvalue weighted by Crippen LogP contribution is -2.57. The molecule has 2 saturated carbocycles. The van der Waals surface area contributed by atoms with Crippen LogP contribution in [0.3, 0.4) is 0 Å². The van der Waals surface area contributed by atoms with E-state index in [0.717, 1.165) is 6.42 Å². The molecule has 2 heteroatoms. The van der Waals surface area contributed by atoms with Gasteiger partial charge in [-0.1, -0.05) is 26.2 Å². The average Bonchev–Trinajstić information content (AvgIpc) is 2.37. The first-order valence-corrected chi connectivity index (χ1v) is 6.71. The van der Waals surface area contributed by atoms with Crippen molar-refractivity contribution in [2.24, 2.45) is 0 Å². The van der Waals surface area contributed by atoms with Crippen molar-refractivity contribution in [1.82, 2.24) is 5.32 Å². The molecular weight excluding hydrogens is 186 g/mol. The molecule has 0 radical (unpaired) electrons. The number of aliphatic hydroxyl groups is 1. The van der Waals surface area contributed by atoms with E-state index >= 15 is 0 Å². The standard InChI is InChI=1S/C13H25NO/c1-2-13(9-6-10-13)14-11-7-4-3-5-8-12(11)15/h11-12,14-15H,2-10H2,1H3. The van der Waals surface area contributed by atoms with Crippen molar-refractivity contribution in [3.63, 3.8) is 0 Å². The zero-order valence-corrected chi connectivity index (χ0v) is 9.97. The Morgan fingerprint density at radius 2 is 1.87 bits per heavy atom. The fourth-order valence-corrected chi connectivity index (χ4v) is 3.05. The first kappa shape index (κ1) is 11.4. The summed E-state index contributed by atoms with van der Waals surface area (Å²) in [6.45, 7) is 2.27. The molecule has 0 saturated heterocycles. The second kappa shape index (κ2) is 4.84. The molecule has 2 nitrogen and oxygen atoms in total. The van der Waals surface area contributed by atoms with Crippen LogP contribution in [0, 0.1) is 0 Å². The van der Waals surface area contributed by atoms with Gasteiger partial charge in [-0.3, -0.25) is 0 Å². The van der Waals surface area contributed by atoms with Crippen molar-refractivity contribution in [3.05, 3.63) is 0 Å². The normalized spacial score (nSPS) is 35.6. The summed E-state index contributed by atoms with van der Waals surface area (Å²) in [5.74, 6) is 0. The van der Waals surface area contributed by atoms with Crippen LogP contribution in [0.25, 0.3) is 0 Å². The number of aliphatic hydroxyl groups excluding tert-OH is 1. The Balaban J connectivity index is 1.90. The van der Waals surface area contributed by atoms with Gasteiger partial charge in [-0.2, -0.15) is 0 Å². The highest BCUT2D eigenvalue weighted by Crippen LogP contribution is 2.36. The molecule has 0 aromatic carbocycles. The van der Waals surface area contributed by atoms with Gasteiger partial charge in [0.25, 0.3) is 0 Å². The lowest BCUT2D eigenvalue weighted by atomic mass is 9.74. The van der Waals surface area contributed by atoms with Crippen LogP contribution in [-0.2, 0) is 0 Å². The third-order valence-electron chi connectivity index (χ3n) is 4.46. The molecular formula is C13H25NO. The van der Waals surface area contributed by atoms with E-state index in [1.165, 1.54) is 51.4 Å². The SMILES string of the molecule is CCC1(NC2CCCCCC2O)CCC1. The maximum Gasteiger partial charge on any atom is 0.0693 e. The summed E-state index contributed by atoms with van der Waals surface area (Å²) >= 11 is 0. The van der Waals surface area contributed by atoms with Gasteiger partial charge in [0.2, 0.25) is 0 Å². The van der Waals surface area contributed by atoms with Crippen molar-refractivity contribution < 1.29 is 5.11 Å². The average molecular weight is 211 g/mol. The highest BCUT2D eigenvalue weighted by atomic mass is 16.3. The van der Waals surface area contributed by atoms with Crippen LogP contribution in [0.2, 0.25) is 0 Å². The molecule has 88 valence electrons. The van der Waals surface area contributed by atoms with E-state index in [0.29, 0.717) is 11.6 Å². The molecule has 0 aliphatic heterocycles. The fourth-order valence-electron chi connectivity index (χ4n) is 3.05. The lowest BCUT2D eigenvalue weighted by molar-refractivity contribution is 0.0706. The Hall–Kier alpha value is -0.0800. The largest absolute Gasteiger partial charge is 0.392 e. The summed E-state index contributed by atoms with van der Waals surface area (Å²) in [5, 5.41) is 13.8. The molecule has 0 spiro atoms.